The monoisotopic (exact) mass is 471 g/mol. The Labute approximate surface area is 198 Å². The number of aryl methyl sites for hydroxylation is 1. The number of nitrogens with zero attached hydrogens (tertiary/aromatic N) is 1. The minimum atomic E-state index is -0.898. The number of ketones is 1. The highest BCUT2D eigenvalue weighted by atomic mass is 16.5. The summed E-state index contributed by atoms with van der Waals surface area (Å²) in [5.74, 6) is -0.114. The number of carbonyl (C=O) groups is 2. The summed E-state index contributed by atoms with van der Waals surface area (Å²) < 4.78 is 26.7. The molecular weight excluding hydrogens is 442 g/mol. The van der Waals surface area contributed by atoms with E-state index >= 15 is 0 Å². The van der Waals surface area contributed by atoms with Crippen LogP contribution in [0.15, 0.2) is 35.9 Å². The molecule has 0 saturated carbocycles. The molecule has 0 radical (unpaired) electrons. The van der Waals surface area contributed by atoms with E-state index in [1.807, 2.05) is 0 Å². The summed E-state index contributed by atoms with van der Waals surface area (Å²) in [4.78, 5) is 27.6. The third kappa shape index (κ3) is 4.38. The summed E-state index contributed by atoms with van der Waals surface area (Å²) in [6.07, 6.45) is 0. The number of aliphatic hydroxyl groups excluding tert-OH is 1. The Hall–Kier alpha value is -3.72. The van der Waals surface area contributed by atoms with Crippen LogP contribution in [-0.4, -0.2) is 70.4 Å². The van der Waals surface area contributed by atoms with Crippen molar-refractivity contribution in [3.05, 3.63) is 52.6 Å². The quantitative estimate of drug-likeness (QED) is 0.338. The number of carbonyl (C=O) groups excluding carboxylic acids is 2. The largest absolute Gasteiger partial charge is 0.507 e. The Bertz CT molecular complexity index is 1100. The predicted octanol–water partition coefficient (Wildman–Crippen LogP) is 3.10. The van der Waals surface area contributed by atoms with Gasteiger partial charge in [0.05, 0.1) is 46.7 Å². The summed E-state index contributed by atoms with van der Waals surface area (Å²) in [6, 6.07) is 7.49. The van der Waals surface area contributed by atoms with Gasteiger partial charge < -0.3 is 33.7 Å². The van der Waals surface area contributed by atoms with Crippen LogP contribution in [-0.2, 0) is 14.3 Å². The van der Waals surface area contributed by atoms with Crippen molar-refractivity contribution in [1.82, 2.24) is 4.90 Å². The first-order chi connectivity index (χ1) is 16.3. The maximum absolute atomic E-state index is 13.2. The number of amides is 1. The van der Waals surface area contributed by atoms with E-state index in [1.165, 1.54) is 33.3 Å². The smallest absolute Gasteiger partial charge is 0.295 e. The third-order valence-corrected chi connectivity index (χ3v) is 5.77. The minimum Gasteiger partial charge on any atom is -0.507 e. The second kappa shape index (κ2) is 10.5. The normalized spacial score (nSPS) is 17.1. The fourth-order valence-corrected chi connectivity index (χ4v) is 4.08. The van der Waals surface area contributed by atoms with Crippen molar-refractivity contribution in [2.24, 2.45) is 0 Å². The highest BCUT2D eigenvalue weighted by molar-refractivity contribution is 6.46. The van der Waals surface area contributed by atoms with E-state index in [0.29, 0.717) is 39.7 Å². The predicted molar refractivity (Wildman–Crippen MR) is 125 cm³/mol. The molecule has 9 nitrogen and oxygen atoms in total. The molecule has 34 heavy (non-hydrogen) atoms. The molecule has 1 aliphatic rings. The summed E-state index contributed by atoms with van der Waals surface area (Å²) in [5, 5.41) is 11.3. The first kappa shape index (κ1) is 24.9. The zero-order valence-corrected chi connectivity index (χ0v) is 20.1. The van der Waals surface area contributed by atoms with Gasteiger partial charge in [0.15, 0.2) is 11.5 Å². The van der Waals surface area contributed by atoms with Gasteiger partial charge in [-0.3, -0.25) is 9.59 Å². The number of ether oxygens (including phenoxy) is 5. The Kier molecular flexibility index (Phi) is 7.68. The summed E-state index contributed by atoms with van der Waals surface area (Å²) >= 11 is 0. The Morgan fingerprint density at radius 1 is 0.941 bits per heavy atom. The van der Waals surface area contributed by atoms with Crippen molar-refractivity contribution in [3.8, 4) is 23.0 Å². The molecule has 1 unspecified atom stereocenters. The van der Waals surface area contributed by atoms with Gasteiger partial charge in [0.2, 0.25) is 5.75 Å². The van der Waals surface area contributed by atoms with Gasteiger partial charge >= 0.3 is 0 Å². The van der Waals surface area contributed by atoms with E-state index in [4.69, 9.17) is 23.7 Å². The lowest BCUT2D eigenvalue weighted by Gasteiger charge is -2.26. The highest BCUT2D eigenvalue weighted by Gasteiger charge is 2.46. The maximum atomic E-state index is 13.2. The zero-order chi connectivity index (χ0) is 25.0. The molecule has 1 amide bonds. The molecule has 0 aromatic heterocycles. The molecule has 1 fully saturated rings. The molecule has 1 heterocycles. The molecule has 3 rings (SSSR count). The topological polar surface area (TPSA) is 104 Å². The lowest BCUT2D eigenvalue weighted by molar-refractivity contribution is -0.140. The van der Waals surface area contributed by atoms with Gasteiger partial charge in [-0.2, -0.15) is 0 Å². The van der Waals surface area contributed by atoms with Crippen LogP contribution in [0.1, 0.15) is 22.7 Å². The average Bonchev–Trinajstić information content (AvgIpc) is 3.10. The van der Waals surface area contributed by atoms with Gasteiger partial charge in [0.25, 0.3) is 11.7 Å². The fourth-order valence-electron chi connectivity index (χ4n) is 4.08. The minimum absolute atomic E-state index is 0.0383. The van der Waals surface area contributed by atoms with Gasteiger partial charge in [-0.25, -0.2) is 0 Å². The van der Waals surface area contributed by atoms with E-state index in [2.05, 4.69) is 0 Å². The van der Waals surface area contributed by atoms with Crippen LogP contribution in [0.25, 0.3) is 5.76 Å². The zero-order valence-electron chi connectivity index (χ0n) is 20.1. The molecule has 1 N–H and O–H groups in total. The van der Waals surface area contributed by atoms with Gasteiger partial charge in [0, 0.05) is 19.2 Å². The van der Waals surface area contributed by atoms with Crippen LogP contribution in [0.3, 0.4) is 0 Å². The SMILES string of the molecule is COCCN1C(=O)C(=O)/C(=C(\O)c2ccc(OC)cc2C)C1c1cc(OC)c(OC)c(OC)c1. The highest BCUT2D eigenvalue weighted by Crippen LogP contribution is 2.45. The number of Topliss-reactive ketones (excluding diaryl/α,β-unsaturated/α-hetero) is 1. The number of rotatable bonds is 9. The van der Waals surface area contributed by atoms with Crippen LogP contribution < -0.4 is 18.9 Å². The van der Waals surface area contributed by atoms with Crippen molar-refractivity contribution in [2.45, 2.75) is 13.0 Å². The second-order valence-electron chi connectivity index (χ2n) is 7.62. The third-order valence-electron chi connectivity index (χ3n) is 5.77. The second-order valence-corrected chi connectivity index (χ2v) is 7.62. The lowest BCUT2D eigenvalue weighted by atomic mass is 9.93. The summed E-state index contributed by atoms with van der Waals surface area (Å²) in [7, 11) is 7.48. The van der Waals surface area contributed by atoms with Crippen molar-refractivity contribution >= 4 is 17.4 Å². The Morgan fingerprint density at radius 3 is 2.09 bits per heavy atom. The standard InChI is InChI=1S/C25H29NO8/c1-14-11-16(31-3)7-8-17(14)22(27)20-21(26(9-10-30-2)25(29)23(20)28)15-12-18(32-4)24(34-6)19(13-15)33-5/h7-8,11-13,21,27H,9-10H2,1-6H3/b22-20-. The molecule has 0 bridgehead atoms. The fraction of sp³-hybridized carbons (Fsp3) is 0.360. The molecule has 9 heteroatoms. The average molecular weight is 472 g/mol. The number of aliphatic hydroxyl groups is 1. The number of benzene rings is 2. The van der Waals surface area contributed by atoms with Crippen molar-refractivity contribution in [3.63, 3.8) is 0 Å². The van der Waals surface area contributed by atoms with Gasteiger partial charge in [-0.1, -0.05) is 0 Å². The van der Waals surface area contributed by atoms with E-state index < -0.39 is 17.7 Å². The molecule has 2 aromatic carbocycles. The summed E-state index contributed by atoms with van der Waals surface area (Å²) in [6.45, 7) is 2.13. The molecule has 0 aliphatic carbocycles. The van der Waals surface area contributed by atoms with Gasteiger partial charge in [-0.15, -0.1) is 0 Å². The molecular formula is C25H29NO8. The van der Waals surface area contributed by atoms with Gasteiger partial charge in [-0.05, 0) is 48.4 Å². The number of hydrogen-bond donors (Lipinski definition) is 1. The van der Waals surface area contributed by atoms with E-state index in [0.717, 1.165) is 0 Å². The number of likely N-dealkylation sites (tertiary alicyclic amines) is 1. The first-order valence-corrected chi connectivity index (χ1v) is 10.5. The van der Waals surface area contributed by atoms with Crippen LogP contribution in [0, 0.1) is 6.92 Å². The summed E-state index contributed by atoms with van der Waals surface area (Å²) in [5.41, 5.74) is 1.58. The lowest BCUT2D eigenvalue weighted by Crippen LogP contribution is -2.32. The van der Waals surface area contributed by atoms with Crippen LogP contribution in [0.2, 0.25) is 0 Å². The molecule has 182 valence electrons. The number of hydrogen-bond acceptors (Lipinski definition) is 8. The van der Waals surface area contributed by atoms with Crippen LogP contribution in [0.5, 0.6) is 23.0 Å². The number of methoxy groups -OCH3 is 5. The maximum Gasteiger partial charge on any atom is 0.295 e. The molecule has 2 aromatic rings. The Balaban J connectivity index is 2.28. The Morgan fingerprint density at radius 2 is 1.59 bits per heavy atom. The van der Waals surface area contributed by atoms with Crippen molar-refractivity contribution in [1.29, 1.82) is 0 Å². The first-order valence-electron chi connectivity index (χ1n) is 10.5. The van der Waals surface area contributed by atoms with Gasteiger partial charge in [0.1, 0.15) is 11.5 Å². The van der Waals surface area contributed by atoms with Crippen LogP contribution >= 0.6 is 0 Å². The molecule has 0 spiro atoms. The molecule has 1 aliphatic heterocycles. The van der Waals surface area contributed by atoms with Crippen molar-refractivity contribution in [2.75, 3.05) is 48.7 Å². The molecule has 1 saturated heterocycles. The molecule has 1 atom stereocenters. The van der Waals surface area contributed by atoms with E-state index in [1.54, 1.807) is 44.4 Å². The van der Waals surface area contributed by atoms with E-state index in [9.17, 15) is 14.7 Å². The van der Waals surface area contributed by atoms with E-state index in [-0.39, 0.29) is 24.5 Å². The van der Waals surface area contributed by atoms with Crippen LogP contribution in [0.4, 0.5) is 0 Å². The van der Waals surface area contributed by atoms with Crippen molar-refractivity contribution < 1.29 is 38.4 Å².